The molecule has 4 heterocycles. The molecule has 1 N–H and O–H groups in total. The number of rotatable bonds is 9. The monoisotopic (exact) mass is 603 g/mol. The van der Waals surface area contributed by atoms with Crippen molar-refractivity contribution in [3.63, 3.8) is 0 Å². The molecule has 0 aliphatic carbocycles. The van der Waals surface area contributed by atoms with Crippen molar-refractivity contribution < 1.29 is 23.7 Å². The Kier molecular flexibility index (Phi) is 9.20. The minimum Gasteiger partial charge on any atom is -0.443 e. The van der Waals surface area contributed by atoms with Gasteiger partial charge in [-0.05, 0) is 57.4 Å². The second-order valence-electron chi connectivity index (χ2n) is 12.5. The number of carbonyl (C=O) groups excluding carboxylic acids is 1. The molecule has 12 nitrogen and oxygen atoms in total. The third-order valence-electron chi connectivity index (χ3n) is 7.87. The molecule has 0 radical (unpaired) electrons. The largest absolute Gasteiger partial charge is 0.443 e. The molecule has 2 aliphatic heterocycles. The van der Waals surface area contributed by atoms with Gasteiger partial charge in [-0.2, -0.15) is 10.4 Å². The van der Waals surface area contributed by atoms with Gasteiger partial charge in [0.1, 0.15) is 17.5 Å². The number of anilines is 3. The molecule has 1 aromatic carbocycles. The number of hydrogen-bond donors (Lipinski definition) is 1. The van der Waals surface area contributed by atoms with Crippen LogP contribution in [0.3, 0.4) is 0 Å². The van der Waals surface area contributed by atoms with E-state index in [9.17, 15) is 10.1 Å². The highest BCUT2D eigenvalue weighted by atomic mass is 16.6. The Bertz CT molecular complexity index is 1540. The van der Waals surface area contributed by atoms with Crippen molar-refractivity contribution in [3.05, 3.63) is 47.3 Å². The first kappa shape index (κ1) is 31.4. The molecule has 2 aliphatic rings. The molecule has 3 aromatic rings. The molecular formula is C32H41N7O5. The third kappa shape index (κ3) is 6.70. The summed E-state index contributed by atoms with van der Waals surface area (Å²) in [6.45, 7) is 10.7. The van der Waals surface area contributed by atoms with Crippen LogP contribution >= 0.6 is 0 Å². The number of ether oxygens (including phenoxy) is 4. The summed E-state index contributed by atoms with van der Waals surface area (Å²) in [5.74, 6) is 1.50. The quantitative estimate of drug-likeness (QED) is 0.349. The van der Waals surface area contributed by atoms with Crippen molar-refractivity contribution in [3.8, 4) is 17.3 Å². The van der Waals surface area contributed by atoms with Crippen LogP contribution in [0.1, 0.15) is 63.3 Å². The van der Waals surface area contributed by atoms with Crippen LogP contribution < -0.4 is 10.2 Å². The van der Waals surface area contributed by atoms with Crippen molar-refractivity contribution in [2.75, 3.05) is 57.4 Å². The van der Waals surface area contributed by atoms with Gasteiger partial charge in [0.25, 0.3) is 0 Å². The van der Waals surface area contributed by atoms with Gasteiger partial charge in [-0.3, -0.25) is 4.90 Å². The maximum atomic E-state index is 13.3. The third-order valence-corrected chi connectivity index (χ3v) is 7.87. The van der Waals surface area contributed by atoms with Crippen LogP contribution in [0.5, 0.6) is 0 Å². The summed E-state index contributed by atoms with van der Waals surface area (Å²) in [4.78, 5) is 24.1. The van der Waals surface area contributed by atoms with Gasteiger partial charge in [0.05, 0.1) is 42.4 Å². The lowest BCUT2D eigenvalue weighted by molar-refractivity contribution is 0.0571. The van der Waals surface area contributed by atoms with E-state index in [-0.39, 0.29) is 0 Å². The van der Waals surface area contributed by atoms with Gasteiger partial charge >= 0.3 is 6.09 Å². The lowest BCUT2D eigenvalue weighted by Crippen LogP contribution is -2.40. The summed E-state index contributed by atoms with van der Waals surface area (Å²) in [6, 6.07) is 9.89. The van der Waals surface area contributed by atoms with Crippen LogP contribution in [0.25, 0.3) is 11.3 Å². The van der Waals surface area contributed by atoms with E-state index >= 15 is 0 Å². The zero-order valence-corrected chi connectivity index (χ0v) is 26.3. The molecule has 0 saturated carbocycles. The molecule has 2 aromatic heterocycles. The molecule has 0 bridgehead atoms. The highest BCUT2D eigenvalue weighted by Crippen LogP contribution is 2.45. The van der Waals surface area contributed by atoms with Crippen LogP contribution in [0, 0.1) is 11.3 Å². The van der Waals surface area contributed by atoms with E-state index in [2.05, 4.69) is 16.4 Å². The van der Waals surface area contributed by atoms with Gasteiger partial charge in [0, 0.05) is 63.1 Å². The number of amides is 1. The van der Waals surface area contributed by atoms with E-state index in [1.165, 1.54) is 0 Å². The Labute approximate surface area is 258 Å². The number of fused-ring (bicyclic) bond motifs is 1. The predicted molar refractivity (Wildman–Crippen MR) is 165 cm³/mol. The zero-order chi connectivity index (χ0) is 31.5. The predicted octanol–water partition coefficient (Wildman–Crippen LogP) is 5.15. The molecule has 0 unspecified atom stereocenters. The molecule has 1 amide bonds. The van der Waals surface area contributed by atoms with E-state index in [1.54, 1.807) is 37.4 Å². The number of nitrogens with one attached hydrogen (secondary N) is 1. The molecule has 1 atom stereocenters. The Morgan fingerprint density at radius 1 is 1.20 bits per heavy atom. The first-order valence-electron chi connectivity index (χ1n) is 14.9. The van der Waals surface area contributed by atoms with E-state index in [1.807, 2.05) is 44.5 Å². The Morgan fingerprint density at radius 2 is 1.98 bits per heavy atom. The maximum absolute atomic E-state index is 13.3. The average molecular weight is 604 g/mol. The normalized spacial score (nSPS) is 18.6. The van der Waals surface area contributed by atoms with Crippen LogP contribution in [-0.2, 0) is 30.9 Å². The first-order chi connectivity index (χ1) is 21.0. The molecular weight excluding hydrogens is 562 g/mol. The minimum absolute atomic E-state index is 0.320. The topological polar surface area (TPSA) is 137 Å². The van der Waals surface area contributed by atoms with Gasteiger partial charge in [0.15, 0.2) is 0 Å². The van der Waals surface area contributed by atoms with E-state index in [0.29, 0.717) is 55.1 Å². The van der Waals surface area contributed by atoms with Crippen LogP contribution in [0.2, 0.25) is 0 Å². The first-order valence-corrected chi connectivity index (χ1v) is 14.9. The lowest BCUT2D eigenvalue weighted by atomic mass is 9.83. The fourth-order valence-electron chi connectivity index (χ4n) is 5.82. The molecule has 12 heteroatoms. The molecule has 0 spiro atoms. The number of aromatic nitrogens is 4. The molecule has 5 rings (SSSR count). The Balaban J connectivity index is 1.49. The highest BCUT2D eigenvalue weighted by molar-refractivity contribution is 5.95. The SMILES string of the molecule is COCCn1nc(C2CCOCC2)cc1Nc1nccc(-c2cc(C#N)c3c(c2)[C@@](C)(COC)CN3C(=O)OC(C)(C)C)n1. The standard InChI is InChI=1S/C32H41N7O5/c1-31(2,3)44-30(40)38-19-32(4,20-42-6)24-16-22(15-23(18-33)28(24)38)25-7-10-34-29(35-25)36-27-17-26(21-8-12-43-13-9-21)37-39(27)11-14-41-5/h7,10,15-17,21H,8-9,11-14,19-20H2,1-6H3,(H,34,35,36)/t32-/m1/s1. The summed E-state index contributed by atoms with van der Waals surface area (Å²) in [7, 11) is 3.29. The summed E-state index contributed by atoms with van der Waals surface area (Å²) in [5, 5.41) is 18.4. The van der Waals surface area contributed by atoms with Gasteiger partial charge in [0.2, 0.25) is 5.95 Å². The maximum Gasteiger partial charge on any atom is 0.414 e. The number of methoxy groups -OCH3 is 2. The lowest BCUT2D eigenvalue weighted by Gasteiger charge is -2.27. The van der Waals surface area contributed by atoms with E-state index < -0.39 is 17.1 Å². The molecule has 1 saturated heterocycles. The van der Waals surface area contributed by atoms with Crippen LogP contribution in [0.15, 0.2) is 30.5 Å². The van der Waals surface area contributed by atoms with Crippen molar-refractivity contribution in [1.29, 1.82) is 5.26 Å². The molecule has 1 fully saturated rings. The Hall–Kier alpha value is -4.05. The van der Waals surface area contributed by atoms with Gasteiger partial charge in [-0.15, -0.1) is 0 Å². The number of nitrogens with zero attached hydrogens (tertiary/aromatic N) is 6. The Morgan fingerprint density at radius 3 is 2.66 bits per heavy atom. The van der Waals surface area contributed by atoms with Crippen LogP contribution in [0.4, 0.5) is 22.2 Å². The number of carbonyl (C=O) groups is 1. The second-order valence-corrected chi connectivity index (χ2v) is 12.5. The number of benzene rings is 1. The minimum atomic E-state index is -0.681. The molecule has 44 heavy (non-hydrogen) atoms. The second kappa shape index (κ2) is 12.9. The molecule has 234 valence electrons. The van der Waals surface area contributed by atoms with E-state index in [0.717, 1.165) is 48.7 Å². The van der Waals surface area contributed by atoms with Crippen molar-refractivity contribution >= 4 is 23.5 Å². The van der Waals surface area contributed by atoms with E-state index in [4.69, 9.17) is 29.0 Å². The number of nitriles is 1. The fraction of sp³-hybridized carbons (Fsp3) is 0.531. The zero-order valence-electron chi connectivity index (χ0n) is 26.3. The summed E-state index contributed by atoms with van der Waals surface area (Å²) < 4.78 is 24.0. The van der Waals surface area contributed by atoms with Crippen molar-refractivity contribution in [2.24, 2.45) is 0 Å². The smallest absolute Gasteiger partial charge is 0.414 e. The van der Waals surface area contributed by atoms with Crippen LogP contribution in [-0.4, -0.2) is 78.6 Å². The highest BCUT2D eigenvalue weighted by Gasteiger charge is 2.44. The summed E-state index contributed by atoms with van der Waals surface area (Å²) in [6.07, 6.45) is 3.04. The van der Waals surface area contributed by atoms with Gasteiger partial charge in [-0.25, -0.2) is 19.4 Å². The van der Waals surface area contributed by atoms with Crippen molar-refractivity contribution in [1.82, 2.24) is 19.7 Å². The average Bonchev–Trinajstić information content (AvgIpc) is 3.53. The summed E-state index contributed by atoms with van der Waals surface area (Å²) >= 11 is 0. The van der Waals surface area contributed by atoms with Gasteiger partial charge in [-0.1, -0.05) is 6.92 Å². The number of hydrogen-bond acceptors (Lipinski definition) is 10. The van der Waals surface area contributed by atoms with Crippen molar-refractivity contribution in [2.45, 2.75) is 64.0 Å². The fourth-order valence-corrected chi connectivity index (χ4v) is 5.82. The summed E-state index contributed by atoms with van der Waals surface area (Å²) in [5.41, 5.74) is 2.85. The van der Waals surface area contributed by atoms with Gasteiger partial charge < -0.3 is 24.3 Å².